The van der Waals surface area contributed by atoms with E-state index in [1.54, 1.807) is 18.3 Å². The van der Waals surface area contributed by atoms with Gasteiger partial charge in [0.25, 0.3) is 0 Å². The topological polar surface area (TPSA) is 103 Å². The van der Waals surface area contributed by atoms with Crippen LogP contribution in [0.3, 0.4) is 0 Å². The van der Waals surface area contributed by atoms with Gasteiger partial charge in [-0.05, 0) is 88.4 Å². The summed E-state index contributed by atoms with van der Waals surface area (Å²) in [7, 11) is 0. The lowest BCUT2D eigenvalue weighted by Crippen LogP contribution is -2.47. The molecule has 0 atom stereocenters. The van der Waals surface area contributed by atoms with E-state index in [9.17, 15) is 4.79 Å². The van der Waals surface area contributed by atoms with E-state index in [0.717, 1.165) is 49.5 Å². The van der Waals surface area contributed by atoms with Crippen LogP contribution in [-0.2, 0) is 11.2 Å². The Morgan fingerprint density at radius 3 is 2.42 bits per heavy atom. The predicted octanol–water partition coefficient (Wildman–Crippen LogP) is 6.08. The minimum atomic E-state index is -0.429. The van der Waals surface area contributed by atoms with Crippen LogP contribution in [0.5, 0.6) is 0 Å². The number of hydrogen-bond acceptors (Lipinski definition) is 8. The third kappa shape index (κ3) is 10.1. The quantitative estimate of drug-likeness (QED) is 0.158. The number of halogens is 1. The molecule has 4 rings (SSSR count). The second kappa shape index (κ2) is 15.7. The molecule has 0 unspecified atom stereocenters. The fourth-order valence-electron chi connectivity index (χ4n) is 4.02. The minimum absolute atomic E-state index is 0. The molecule has 0 aliphatic carbocycles. The van der Waals surface area contributed by atoms with Gasteiger partial charge in [0.1, 0.15) is 10.6 Å². The van der Waals surface area contributed by atoms with Gasteiger partial charge in [-0.3, -0.25) is 5.41 Å². The highest BCUT2D eigenvalue weighted by Gasteiger charge is 2.32. The molecule has 1 amide bonds. The van der Waals surface area contributed by atoms with Gasteiger partial charge in [0.15, 0.2) is 0 Å². The maximum atomic E-state index is 12.2. The molecule has 0 saturated carbocycles. The van der Waals surface area contributed by atoms with Crippen LogP contribution in [0.25, 0.3) is 0 Å². The van der Waals surface area contributed by atoms with Gasteiger partial charge in [0, 0.05) is 43.7 Å². The molecule has 4 N–H and O–H groups in total. The second-order valence-electron chi connectivity index (χ2n) is 9.36. The number of aliphatic hydroxyl groups excluding tert-OH is 1. The summed E-state index contributed by atoms with van der Waals surface area (Å²) in [5, 5.41) is 17.6. The molecule has 36 heavy (non-hydrogen) atoms. The Morgan fingerprint density at radius 1 is 1.25 bits per heavy atom. The largest absolute Gasteiger partial charge is 0.444 e. The first-order valence-corrected chi connectivity index (χ1v) is 14.1. The highest BCUT2D eigenvalue weighted by molar-refractivity contribution is 14.0. The zero-order chi connectivity index (χ0) is 26.0. The molecule has 1 aromatic carbocycles. The van der Waals surface area contributed by atoms with E-state index in [1.807, 2.05) is 55.5 Å². The third-order valence-corrected chi connectivity index (χ3v) is 7.19. The lowest BCUT2D eigenvalue weighted by Gasteiger charge is -2.38. The lowest BCUT2D eigenvalue weighted by molar-refractivity contribution is 0.0205. The molecule has 0 spiro atoms. The standard InChI is InChI=1S/C18H27N3O2.C6H7NS2.C2H6O.HI/c1-18(2,3)23-17(22)20-9-7-15(8-10-20)21-11-6-13-12-14(19)4-5-16(13)21;1-8-6(7)5-3-2-4-9-5;1-2-3;/h4-5,12,15H,6-11,19H2,1-3H3;2-4,7H,1H3;3H,2H2,1H3;1H. The van der Waals surface area contributed by atoms with Crippen LogP contribution in [0.1, 0.15) is 51.0 Å². The average molecular weight is 649 g/mol. The number of rotatable bonds is 2. The van der Waals surface area contributed by atoms with Crippen LogP contribution in [0, 0.1) is 5.41 Å². The highest BCUT2D eigenvalue weighted by atomic mass is 127. The molecular formula is C26H41IN4O3S2. The fraction of sp³-hybridized carbons (Fsp3) is 0.538. The van der Waals surface area contributed by atoms with E-state index in [2.05, 4.69) is 17.0 Å². The van der Waals surface area contributed by atoms with Crippen molar-refractivity contribution >= 4 is 69.6 Å². The number of carbonyl (C=O) groups excluding carboxylic acids is 1. The van der Waals surface area contributed by atoms with Crippen molar-refractivity contribution in [2.24, 2.45) is 0 Å². The van der Waals surface area contributed by atoms with E-state index >= 15 is 0 Å². The second-order valence-corrected chi connectivity index (χ2v) is 11.1. The zero-order valence-corrected chi connectivity index (χ0v) is 25.9. The number of thioether (sulfide) groups is 1. The molecule has 202 valence electrons. The monoisotopic (exact) mass is 648 g/mol. The number of thiophene rings is 1. The number of amides is 1. The number of nitrogens with zero attached hydrogens (tertiary/aromatic N) is 2. The maximum Gasteiger partial charge on any atom is 0.410 e. The van der Waals surface area contributed by atoms with Gasteiger partial charge in [-0.2, -0.15) is 0 Å². The summed E-state index contributed by atoms with van der Waals surface area (Å²) in [6.45, 7) is 10.2. The number of nitrogens with two attached hydrogens (primary N) is 1. The number of fused-ring (bicyclic) bond motifs is 1. The van der Waals surface area contributed by atoms with Gasteiger partial charge >= 0.3 is 6.09 Å². The molecule has 2 aliphatic rings. The van der Waals surface area contributed by atoms with Crippen LogP contribution in [0.15, 0.2) is 35.7 Å². The van der Waals surface area contributed by atoms with Gasteiger partial charge < -0.3 is 25.4 Å². The zero-order valence-electron chi connectivity index (χ0n) is 22.0. The minimum Gasteiger partial charge on any atom is -0.444 e. The number of piperidine rings is 1. The summed E-state index contributed by atoms with van der Waals surface area (Å²) in [5.74, 6) is 0. The molecule has 0 radical (unpaired) electrons. The highest BCUT2D eigenvalue weighted by Crippen LogP contribution is 2.34. The Bertz CT molecular complexity index is 943. The fourth-order valence-corrected chi connectivity index (χ4v) is 5.25. The van der Waals surface area contributed by atoms with Crippen molar-refractivity contribution < 1.29 is 14.6 Å². The molecular weight excluding hydrogens is 607 g/mol. The normalized spacial score (nSPS) is 14.9. The van der Waals surface area contributed by atoms with Crippen molar-refractivity contribution in [2.75, 3.05) is 43.1 Å². The number of likely N-dealkylation sites (tertiary alicyclic amines) is 1. The number of hydrogen-bond donors (Lipinski definition) is 3. The van der Waals surface area contributed by atoms with Crippen molar-refractivity contribution in [1.82, 2.24) is 4.90 Å². The predicted molar refractivity (Wildman–Crippen MR) is 166 cm³/mol. The van der Waals surface area contributed by atoms with Crippen LogP contribution in [0.4, 0.5) is 16.2 Å². The Labute approximate surface area is 241 Å². The summed E-state index contributed by atoms with van der Waals surface area (Å²) in [6.07, 6.45) is 4.77. The third-order valence-electron chi connectivity index (χ3n) is 5.54. The molecule has 0 bridgehead atoms. The number of aliphatic hydroxyl groups is 1. The Balaban J connectivity index is 0.000000417. The van der Waals surface area contributed by atoms with E-state index in [0.29, 0.717) is 11.1 Å². The van der Waals surface area contributed by atoms with Crippen molar-refractivity contribution in [2.45, 2.75) is 58.6 Å². The van der Waals surface area contributed by atoms with E-state index in [4.69, 9.17) is 21.0 Å². The van der Waals surface area contributed by atoms with Gasteiger partial charge in [0.2, 0.25) is 0 Å². The van der Waals surface area contributed by atoms with Crippen LogP contribution in [-0.4, -0.2) is 65.3 Å². The Kier molecular flexibility index (Phi) is 14.2. The van der Waals surface area contributed by atoms with Crippen LogP contribution in [0.2, 0.25) is 0 Å². The average Bonchev–Trinajstić information content (AvgIpc) is 3.49. The number of nitrogens with one attached hydrogen (secondary N) is 1. The van der Waals surface area contributed by atoms with Crippen molar-refractivity contribution in [3.63, 3.8) is 0 Å². The molecule has 1 saturated heterocycles. The van der Waals surface area contributed by atoms with Crippen molar-refractivity contribution in [3.8, 4) is 0 Å². The maximum absolute atomic E-state index is 12.2. The molecule has 7 nitrogen and oxygen atoms in total. The molecule has 1 aromatic heterocycles. The summed E-state index contributed by atoms with van der Waals surface area (Å²) >= 11 is 3.09. The first kappa shape index (κ1) is 32.5. The number of ether oxygens (including phenoxy) is 1. The molecule has 3 heterocycles. The summed E-state index contributed by atoms with van der Waals surface area (Å²) in [4.78, 5) is 17.5. The lowest BCUT2D eigenvalue weighted by atomic mass is 10.0. The van der Waals surface area contributed by atoms with Gasteiger partial charge in [-0.15, -0.1) is 47.1 Å². The summed E-state index contributed by atoms with van der Waals surface area (Å²) < 4.78 is 5.47. The first-order chi connectivity index (χ1) is 16.6. The van der Waals surface area contributed by atoms with Crippen molar-refractivity contribution in [1.29, 1.82) is 5.41 Å². The van der Waals surface area contributed by atoms with Gasteiger partial charge in [0.05, 0.1) is 4.88 Å². The summed E-state index contributed by atoms with van der Waals surface area (Å²) in [5.41, 5.74) is 8.95. The number of anilines is 2. The van der Waals surface area contributed by atoms with Gasteiger partial charge in [-0.25, -0.2) is 4.79 Å². The van der Waals surface area contributed by atoms with Crippen molar-refractivity contribution in [3.05, 3.63) is 46.2 Å². The number of nitrogen functional groups attached to an aromatic ring is 1. The van der Waals surface area contributed by atoms with E-state index in [-0.39, 0.29) is 36.7 Å². The Morgan fingerprint density at radius 2 is 1.89 bits per heavy atom. The summed E-state index contributed by atoms with van der Waals surface area (Å²) in [6, 6.07) is 10.6. The van der Waals surface area contributed by atoms with Crippen LogP contribution < -0.4 is 10.6 Å². The van der Waals surface area contributed by atoms with E-state index < -0.39 is 5.60 Å². The number of benzene rings is 1. The van der Waals surface area contributed by atoms with Gasteiger partial charge in [-0.1, -0.05) is 6.07 Å². The van der Waals surface area contributed by atoms with E-state index in [1.165, 1.54) is 23.0 Å². The molecule has 1 fully saturated rings. The molecule has 2 aliphatic heterocycles. The molecule has 10 heteroatoms. The smallest absolute Gasteiger partial charge is 0.410 e. The Hall–Kier alpha value is -1.50. The number of carbonyl (C=O) groups is 1. The van der Waals surface area contributed by atoms with Crippen LogP contribution >= 0.6 is 47.1 Å². The SMILES string of the molecule is CC(C)(C)OC(=O)N1CCC(N2CCc3cc(N)ccc32)CC1.CCO.CSC(=N)c1cccs1.I. The molecule has 2 aromatic rings. The first-order valence-electron chi connectivity index (χ1n) is 12.0.